The topological polar surface area (TPSA) is 101 Å². The fourth-order valence-electron chi connectivity index (χ4n) is 4.03. The lowest BCUT2D eigenvalue weighted by molar-refractivity contribution is 0.0694. The van der Waals surface area contributed by atoms with Crippen molar-refractivity contribution in [3.8, 4) is 0 Å². The fraction of sp³-hybridized carbons (Fsp3) is 0.526. The third-order valence-electron chi connectivity index (χ3n) is 5.68. The number of anilines is 1. The predicted molar refractivity (Wildman–Crippen MR) is 99.6 cm³/mol. The number of fused-ring (bicyclic) bond motifs is 1. The van der Waals surface area contributed by atoms with Crippen LogP contribution in [-0.2, 0) is 6.54 Å². The van der Waals surface area contributed by atoms with Crippen molar-refractivity contribution >= 4 is 22.8 Å². The molecule has 2 aromatic heterocycles. The van der Waals surface area contributed by atoms with E-state index < -0.39 is 17.2 Å². The standard InChI is InChI=1S/C19H23FN4O3/c1-10(2)6-23-7-12(18(26)27)15(25)11-5-13(20)17(22-16(11)23)24-8-14(21)19(9-24)3-4-19/h5,7,10,14H,3-4,6,8-9,21H2,1-2H3,(H,26,27). The number of aromatic nitrogens is 2. The van der Waals surface area contributed by atoms with E-state index in [0.29, 0.717) is 25.3 Å². The van der Waals surface area contributed by atoms with Crippen molar-refractivity contribution in [1.82, 2.24) is 9.55 Å². The summed E-state index contributed by atoms with van der Waals surface area (Å²) in [5.41, 5.74) is 5.50. The number of hydrogen-bond acceptors (Lipinski definition) is 5. The second-order valence-corrected chi connectivity index (χ2v) is 8.24. The normalized spacial score (nSPS) is 20.8. The molecule has 8 heteroatoms. The maximum absolute atomic E-state index is 14.8. The Morgan fingerprint density at radius 3 is 2.74 bits per heavy atom. The van der Waals surface area contributed by atoms with Gasteiger partial charge in [0.1, 0.15) is 11.2 Å². The van der Waals surface area contributed by atoms with Gasteiger partial charge in [-0.3, -0.25) is 4.79 Å². The minimum absolute atomic E-state index is 0.0124. The van der Waals surface area contributed by atoms with Crippen LogP contribution in [0.2, 0.25) is 0 Å². The zero-order valence-corrected chi connectivity index (χ0v) is 15.4. The first-order valence-electron chi connectivity index (χ1n) is 9.19. The van der Waals surface area contributed by atoms with Crippen molar-refractivity contribution in [2.24, 2.45) is 17.1 Å². The quantitative estimate of drug-likeness (QED) is 0.846. The van der Waals surface area contributed by atoms with Crippen LogP contribution in [-0.4, -0.2) is 39.8 Å². The summed E-state index contributed by atoms with van der Waals surface area (Å²) < 4.78 is 16.5. The largest absolute Gasteiger partial charge is 0.477 e. The summed E-state index contributed by atoms with van der Waals surface area (Å²) in [6.45, 7) is 5.61. The third kappa shape index (κ3) is 2.88. The number of pyridine rings is 2. The van der Waals surface area contributed by atoms with Gasteiger partial charge in [0.2, 0.25) is 5.43 Å². The van der Waals surface area contributed by atoms with Gasteiger partial charge < -0.3 is 20.3 Å². The van der Waals surface area contributed by atoms with E-state index in [1.54, 1.807) is 4.57 Å². The molecule has 0 aromatic carbocycles. The Kier molecular flexibility index (Phi) is 3.99. The van der Waals surface area contributed by atoms with Gasteiger partial charge in [-0.1, -0.05) is 13.8 Å². The summed E-state index contributed by atoms with van der Waals surface area (Å²) in [5.74, 6) is -1.57. The monoisotopic (exact) mass is 374 g/mol. The number of nitrogens with two attached hydrogens (primary N) is 1. The molecule has 1 saturated heterocycles. The van der Waals surface area contributed by atoms with Crippen molar-refractivity contribution in [2.45, 2.75) is 39.3 Å². The molecule has 0 amide bonds. The number of rotatable bonds is 4. The second-order valence-electron chi connectivity index (χ2n) is 8.24. The molecule has 1 saturated carbocycles. The van der Waals surface area contributed by atoms with Crippen LogP contribution in [0.1, 0.15) is 37.0 Å². The number of nitrogens with zero attached hydrogens (tertiary/aromatic N) is 3. The Labute approximate surface area is 155 Å². The molecule has 3 heterocycles. The molecule has 2 fully saturated rings. The molecule has 1 aliphatic carbocycles. The molecule has 144 valence electrons. The van der Waals surface area contributed by atoms with Gasteiger partial charge in [-0.05, 0) is 24.8 Å². The van der Waals surface area contributed by atoms with Crippen LogP contribution in [0.4, 0.5) is 10.2 Å². The molecule has 1 aliphatic heterocycles. The van der Waals surface area contributed by atoms with E-state index in [4.69, 9.17) is 5.73 Å². The molecule has 1 spiro atoms. The summed E-state index contributed by atoms with van der Waals surface area (Å²) in [6, 6.07) is 1.11. The predicted octanol–water partition coefficient (Wildman–Crippen LogP) is 1.82. The van der Waals surface area contributed by atoms with Crippen molar-refractivity contribution in [1.29, 1.82) is 0 Å². The Morgan fingerprint density at radius 1 is 1.48 bits per heavy atom. The van der Waals surface area contributed by atoms with Crippen molar-refractivity contribution in [2.75, 3.05) is 18.0 Å². The van der Waals surface area contributed by atoms with Crippen LogP contribution in [0.15, 0.2) is 17.1 Å². The van der Waals surface area contributed by atoms with E-state index in [2.05, 4.69) is 4.98 Å². The molecule has 4 rings (SSSR count). The number of carbonyl (C=O) groups is 1. The Hall–Kier alpha value is -2.48. The molecule has 1 atom stereocenters. The number of carboxylic acids is 1. The number of hydrogen-bond donors (Lipinski definition) is 2. The number of carboxylic acid groups (broad SMARTS) is 1. The minimum atomic E-state index is -1.33. The fourth-order valence-corrected chi connectivity index (χ4v) is 4.03. The highest BCUT2D eigenvalue weighted by Crippen LogP contribution is 2.52. The number of halogens is 1. The maximum Gasteiger partial charge on any atom is 0.341 e. The first kappa shape index (κ1) is 17.9. The smallest absolute Gasteiger partial charge is 0.341 e. The number of aromatic carboxylic acids is 1. The first-order chi connectivity index (χ1) is 12.7. The van der Waals surface area contributed by atoms with Crippen LogP contribution in [0.25, 0.3) is 11.0 Å². The van der Waals surface area contributed by atoms with E-state index in [9.17, 15) is 19.1 Å². The van der Waals surface area contributed by atoms with Crippen molar-refractivity contribution in [3.63, 3.8) is 0 Å². The van der Waals surface area contributed by atoms with Crippen LogP contribution in [0, 0.1) is 17.2 Å². The van der Waals surface area contributed by atoms with Gasteiger partial charge in [-0.25, -0.2) is 14.2 Å². The third-order valence-corrected chi connectivity index (χ3v) is 5.68. The van der Waals surface area contributed by atoms with Gasteiger partial charge in [-0.2, -0.15) is 0 Å². The Bertz CT molecular complexity index is 997. The highest BCUT2D eigenvalue weighted by molar-refractivity contribution is 5.92. The SMILES string of the molecule is CC(C)Cn1cc(C(=O)O)c(=O)c2cc(F)c(N3CC(N)C4(CC4)C3)nc21. The van der Waals surface area contributed by atoms with E-state index >= 15 is 0 Å². The van der Waals surface area contributed by atoms with Gasteiger partial charge in [0, 0.05) is 37.3 Å². The summed E-state index contributed by atoms with van der Waals surface area (Å²) in [4.78, 5) is 30.3. The molecule has 27 heavy (non-hydrogen) atoms. The van der Waals surface area contributed by atoms with Gasteiger partial charge in [0.25, 0.3) is 0 Å². The molecule has 3 N–H and O–H groups in total. The minimum Gasteiger partial charge on any atom is -0.477 e. The van der Waals surface area contributed by atoms with E-state index in [-0.39, 0.29) is 34.1 Å². The van der Waals surface area contributed by atoms with Gasteiger partial charge in [-0.15, -0.1) is 0 Å². The van der Waals surface area contributed by atoms with E-state index in [0.717, 1.165) is 18.9 Å². The van der Waals surface area contributed by atoms with Gasteiger partial charge in [0.15, 0.2) is 11.6 Å². The zero-order chi connectivity index (χ0) is 19.5. The van der Waals surface area contributed by atoms with Crippen LogP contribution < -0.4 is 16.1 Å². The maximum atomic E-state index is 14.8. The molecule has 2 aromatic rings. The van der Waals surface area contributed by atoms with Crippen LogP contribution in [0.3, 0.4) is 0 Å². The molecule has 0 bridgehead atoms. The van der Waals surface area contributed by atoms with E-state index in [1.807, 2.05) is 18.7 Å². The summed E-state index contributed by atoms with van der Waals surface area (Å²) in [6.07, 6.45) is 3.39. The lowest BCUT2D eigenvalue weighted by Crippen LogP contribution is -2.31. The van der Waals surface area contributed by atoms with E-state index in [1.165, 1.54) is 6.20 Å². The lowest BCUT2D eigenvalue weighted by Gasteiger charge is -2.20. The average Bonchev–Trinajstić information content (AvgIpc) is 3.29. The van der Waals surface area contributed by atoms with Crippen LogP contribution in [0.5, 0.6) is 0 Å². The van der Waals surface area contributed by atoms with Crippen molar-refractivity contribution < 1.29 is 14.3 Å². The molecular formula is C19H23FN4O3. The molecule has 2 aliphatic rings. The Morgan fingerprint density at radius 2 is 2.19 bits per heavy atom. The highest BCUT2D eigenvalue weighted by atomic mass is 19.1. The second kappa shape index (κ2) is 6.02. The summed E-state index contributed by atoms with van der Waals surface area (Å²) >= 11 is 0. The highest BCUT2D eigenvalue weighted by Gasteiger charge is 2.54. The Balaban J connectivity index is 1.88. The van der Waals surface area contributed by atoms with Gasteiger partial charge >= 0.3 is 5.97 Å². The average molecular weight is 374 g/mol. The molecular weight excluding hydrogens is 351 g/mol. The van der Waals surface area contributed by atoms with Gasteiger partial charge in [0.05, 0.1) is 5.39 Å². The zero-order valence-electron chi connectivity index (χ0n) is 15.4. The molecule has 1 unspecified atom stereocenters. The summed E-state index contributed by atoms with van der Waals surface area (Å²) in [5, 5.41) is 9.31. The van der Waals surface area contributed by atoms with Crippen molar-refractivity contribution in [3.05, 3.63) is 33.9 Å². The first-order valence-corrected chi connectivity index (χ1v) is 9.19. The lowest BCUT2D eigenvalue weighted by atomic mass is 10.0. The van der Waals surface area contributed by atoms with Crippen LogP contribution >= 0.6 is 0 Å². The molecule has 0 radical (unpaired) electrons. The summed E-state index contributed by atoms with van der Waals surface area (Å²) in [7, 11) is 0. The molecule has 7 nitrogen and oxygen atoms in total.